The molecular formula is C11H15N3O. The summed E-state index contributed by atoms with van der Waals surface area (Å²) < 4.78 is 0. The number of carbonyl (C=O) groups is 1. The normalized spacial score (nSPS) is 20.3. The Bertz CT molecular complexity index is 339. The first-order valence-corrected chi connectivity index (χ1v) is 5.18. The molecular weight excluding hydrogens is 190 g/mol. The Morgan fingerprint density at radius 1 is 1.67 bits per heavy atom. The van der Waals surface area contributed by atoms with Gasteiger partial charge in [0.05, 0.1) is 0 Å². The van der Waals surface area contributed by atoms with Gasteiger partial charge in [-0.1, -0.05) is 6.07 Å². The van der Waals surface area contributed by atoms with E-state index in [0.717, 1.165) is 19.5 Å². The summed E-state index contributed by atoms with van der Waals surface area (Å²) in [6.07, 6.45) is 4.69. The van der Waals surface area contributed by atoms with Gasteiger partial charge in [0, 0.05) is 38.4 Å². The fourth-order valence-corrected chi connectivity index (χ4v) is 1.99. The number of pyridine rings is 1. The standard InChI is InChI=1S/C11H15N3O/c1-12-11(15)14-6-4-10(8-14)9-3-2-5-13-7-9/h2-3,5,7,10H,4,6,8H2,1H3,(H,12,15). The van der Waals surface area contributed by atoms with Gasteiger partial charge >= 0.3 is 6.03 Å². The molecule has 1 unspecified atom stereocenters. The predicted octanol–water partition coefficient (Wildman–Crippen LogP) is 1.21. The van der Waals surface area contributed by atoms with E-state index in [0.29, 0.717) is 5.92 Å². The molecule has 0 aliphatic carbocycles. The molecule has 1 atom stereocenters. The molecule has 4 nitrogen and oxygen atoms in total. The Kier molecular flexibility index (Phi) is 2.85. The molecule has 1 aromatic heterocycles. The molecule has 2 amide bonds. The van der Waals surface area contributed by atoms with Gasteiger partial charge in [-0.2, -0.15) is 0 Å². The topological polar surface area (TPSA) is 45.2 Å². The third-order valence-electron chi connectivity index (χ3n) is 2.85. The molecule has 1 saturated heterocycles. The molecule has 2 heterocycles. The van der Waals surface area contributed by atoms with Crippen LogP contribution >= 0.6 is 0 Å². The van der Waals surface area contributed by atoms with E-state index in [4.69, 9.17) is 0 Å². The Hall–Kier alpha value is -1.58. The predicted molar refractivity (Wildman–Crippen MR) is 57.6 cm³/mol. The molecule has 15 heavy (non-hydrogen) atoms. The number of hydrogen-bond donors (Lipinski definition) is 1. The molecule has 0 spiro atoms. The monoisotopic (exact) mass is 205 g/mol. The first-order valence-electron chi connectivity index (χ1n) is 5.18. The van der Waals surface area contributed by atoms with Crippen LogP contribution in [0.15, 0.2) is 24.5 Å². The van der Waals surface area contributed by atoms with Crippen LogP contribution < -0.4 is 5.32 Å². The van der Waals surface area contributed by atoms with Crippen LogP contribution in [0.1, 0.15) is 17.9 Å². The highest BCUT2D eigenvalue weighted by molar-refractivity contribution is 5.74. The van der Waals surface area contributed by atoms with Crippen LogP contribution in [-0.2, 0) is 0 Å². The molecule has 1 aliphatic heterocycles. The Balaban J connectivity index is 2.02. The maximum absolute atomic E-state index is 11.4. The minimum absolute atomic E-state index is 0.0152. The molecule has 0 bridgehead atoms. The average molecular weight is 205 g/mol. The van der Waals surface area contributed by atoms with E-state index in [2.05, 4.69) is 16.4 Å². The third kappa shape index (κ3) is 2.09. The average Bonchev–Trinajstić information content (AvgIpc) is 2.78. The second-order valence-electron chi connectivity index (χ2n) is 3.77. The lowest BCUT2D eigenvalue weighted by molar-refractivity contribution is 0.210. The maximum Gasteiger partial charge on any atom is 0.317 e. The van der Waals surface area contributed by atoms with Gasteiger partial charge < -0.3 is 10.2 Å². The number of amides is 2. The van der Waals surface area contributed by atoms with Gasteiger partial charge in [-0.15, -0.1) is 0 Å². The summed E-state index contributed by atoms with van der Waals surface area (Å²) in [6.45, 7) is 1.63. The van der Waals surface area contributed by atoms with E-state index in [1.54, 1.807) is 13.2 Å². The summed E-state index contributed by atoms with van der Waals surface area (Å²) in [4.78, 5) is 17.3. The van der Waals surface area contributed by atoms with E-state index in [1.807, 2.05) is 17.2 Å². The molecule has 1 fully saturated rings. The van der Waals surface area contributed by atoms with Crippen LogP contribution in [0.3, 0.4) is 0 Å². The van der Waals surface area contributed by atoms with Crippen molar-refractivity contribution in [3.63, 3.8) is 0 Å². The second kappa shape index (κ2) is 4.29. The number of carbonyl (C=O) groups excluding carboxylic acids is 1. The van der Waals surface area contributed by atoms with Crippen LogP contribution in [0.5, 0.6) is 0 Å². The Morgan fingerprint density at radius 3 is 3.20 bits per heavy atom. The van der Waals surface area contributed by atoms with Gasteiger partial charge in [0.1, 0.15) is 0 Å². The van der Waals surface area contributed by atoms with Gasteiger partial charge in [0.2, 0.25) is 0 Å². The van der Waals surface area contributed by atoms with Crippen molar-refractivity contribution in [1.82, 2.24) is 15.2 Å². The molecule has 0 saturated carbocycles. The maximum atomic E-state index is 11.4. The summed E-state index contributed by atoms with van der Waals surface area (Å²) in [5.41, 5.74) is 1.23. The van der Waals surface area contributed by atoms with Gasteiger partial charge in [-0.3, -0.25) is 4.98 Å². The van der Waals surface area contributed by atoms with E-state index >= 15 is 0 Å². The molecule has 4 heteroatoms. The highest BCUT2D eigenvalue weighted by atomic mass is 16.2. The summed E-state index contributed by atoms with van der Waals surface area (Å²) in [7, 11) is 1.67. The molecule has 2 rings (SSSR count). The number of likely N-dealkylation sites (tertiary alicyclic amines) is 1. The Morgan fingerprint density at radius 2 is 2.53 bits per heavy atom. The molecule has 1 N–H and O–H groups in total. The fourth-order valence-electron chi connectivity index (χ4n) is 1.99. The molecule has 1 aliphatic rings. The fraction of sp³-hybridized carbons (Fsp3) is 0.455. The van der Waals surface area contributed by atoms with Gasteiger partial charge in [-0.05, 0) is 18.1 Å². The number of nitrogens with one attached hydrogen (secondary N) is 1. The Labute approximate surface area is 89.3 Å². The summed E-state index contributed by atoms with van der Waals surface area (Å²) in [6, 6.07) is 4.03. The van der Waals surface area contributed by atoms with Crippen molar-refractivity contribution < 1.29 is 4.79 Å². The van der Waals surface area contributed by atoms with Crippen LogP contribution in [0.25, 0.3) is 0 Å². The lowest BCUT2D eigenvalue weighted by Crippen LogP contribution is -2.36. The van der Waals surface area contributed by atoms with Crippen LogP contribution in [0.2, 0.25) is 0 Å². The van der Waals surface area contributed by atoms with Gasteiger partial charge in [0.15, 0.2) is 0 Å². The SMILES string of the molecule is CNC(=O)N1CCC(c2cccnc2)C1. The third-order valence-corrected chi connectivity index (χ3v) is 2.85. The van der Waals surface area contributed by atoms with E-state index < -0.39 is 0 Å². The minimum Gasteiger partial charge on any atom is -0.341 e. The van der Waals surface area contributed by atoms with E-state index in [-0.39, 0.29) is 6.03 Å². The summed E-state index contributed by atoms with van der Waals surface area (Å²) >= 11 is 0. The highest BCUT2D eigenvalue weighted by Crippen LogP contribution is 2.26. The number of urea groups is 1. The zero-order chi connectivity index (χ0) is 10.7. The van der Waals surface area contributed by atoms with Crippen LogP contribution in [0.4, 0.5) is 4.79 Å². The van der Waals surface area contributed by atoms with Gasteiger partial charge in [-0.25, -0.2) is 4.79 Å². The highest BCUT2D eigenvalue weighted by Gasteiger charge is 2.26. The molecule has 0 aromatic carbocycles. The molecule has 1 aromatic rings. The lowest BCUT2D eigenvalue weighted by Gasteiger charge is -2.15. The van der Waals surface area contributed by atoms with Crippen molar-refractivity contribution in [3.8, 4) is 0 Å². The number of hydrogen-bond acceptors (Lipinski definition) is 2. The summed E-state index contributed by atoms with van der Waals surface area (Å²) in [5, 5.41) is 2.65. The van der Waals surface area contributed by atoms with E-state index in [1.165, 1.54) is 5.56 Å². The first-order chi connectivity index (χ1) is 7.31. The van der Waals surface area contributed by atoms with Gasteiger partial charge in [0.25, 0.3) is 0 Å². The smallest absolute Gasteiger partial charge is 0.317 e. The summed E-state index contributed by atoms with van der Waals surface area (Å²) in [5.74, 6) is 0.441. The van der Waals surface area contributed by atoms with Crippen molar-refractivity contribution in [2.24, 2.45) is 0 Å². The van der Waals surface area contributed by atoms with Crippen molar-refractivity contribution in [3.05, 3.63) is 30.1 Å². The van der Waals surface area contributed by atoms with Crippen molar-refractivity contribution >= 4 is 6.03 Å². The van der Waals surface area contributed by atoms with Crippen LogP contribution in [0, 0.1) is 0 Å². The first kappa shape index (κ1) is 9.96. The molecule has 0 radical (unpaired) electrons. The second-order valence-corrected chi connectivity index (χ2v) is 3.77. The molecule has 80 valence electrons. The lowest BCUT2D eigenvalue weighted by atomic mass is 10.0. The largest absolute Gasteiger partial charge is 0.341 e. The van der Waals surface area contributed by atoms with Crippen molar-refractivity contribution in [2.75, 3.05) is 20.1 Å². The van der Waals surface area contributed by atoms with Crippen LogP contribution in [-0.4, -0.2) is 36.1 Å². The van der Waals surface area contributed by atoms with E-state index in [9.17, 15) is 4.79 Å². The number of nitrogens with zero attached hydrogens (tertiary/aromatic N) is 2. The number of aromatic nitrogens is 1. The number of rotatable bonds is 1. The quantitative estimate of drug-likeness (QED) is 0.749. The zero-order valence-electron chi connectivity index (χ0n) is 8.81. The van der Waals surface area contributed by atoms with Crippen molar-refractivity contribution in [2.45, 2.75) is 12.3 Å². The zero-order valence-corrected chi connectivity index (χ0v) is 8.81. The minimum atomic E-state index is 0.0152. The van der Waals surface area contributed by atoms with Crippen molar-refractivity contribution in [1.29, 1.82) is 0 Å².